The van der Waals surface area contributed by atoms with Gasteiger partial charge in [0.25, 0.3) is 0 Å². The lowest BCUT2D eigenvalue weighted by atomic mass is 9.91. The first kappa shape index (κ1) is 63.7. The predicted octanol–water partition coefficient (Wildman–Crippen LogP) is 18.5. The number of aryl methyl sites for hydroxylation is 4. The molecule has 8 heterocycles. The molecule has 10 aromatic rings. The number of benzene rings is 6. The molecule has 0 saturated carbocycles. The third-order valence-corrected chi connectivity index (χ3v) is 21.7. The second-order valence-corrected chi connectivity index (χ2v) is 28.1. The molecule has 4 aromatic heterocycles. The van der Waals surface area contributed by atoms with Crippen LogP contribution in [0.15, 0.2) is 72.8 Å². The number of unbranched alkanes of at least 4 members (excludes halogenated alkanes) is 9. The highest BCUT2D eigenvalue weighted by atomic mass is 32.1. The first-order valence-corrected chi connectivity index (χ1v) is 37.5. The van der Waals surface area contributed by atoms with Gasteiger partial charge in [0.1, 0.15) is 22.1 Å². The molecule has 2 N–H and O–H groups in total. The maximum Gasteiger partial charge on any atom is 0.206 e. The number of fused-ring (bicyclic) bond motifs is 8. The Bertz CT molecular complexity index is 3820. The smallest absolute Gasteiger partial charge is 0.206 e. The molecule has 0 bridgehead atoms. The average molecular weight is 1270 g/mol. The minimum atomic E-state index is 0.568. The van der Waals surface area contributed by atoms with Gasteiger partial charge in [0.15, 0.2) is 11.0 Å². The fraction of sp³-hybridized carbons (Fsp3) is 0.526. The topological polar surface area (TPSA) is 139 Å². The van der Waals surface area contributed by atoms with Gasteiger partial charge in [0, 0.05) is 142 Å². The van der Waals surface area contributed by atoms with E-state index in [1.807, 2.05) is 4.80 Å². The lowest BCUT2D eigenvalue weighted by molar-refractivity contribution is -0.805. The zero-order chi connectivity index (χ0) is 62.9. The van der Waals surface area contributed by atoms with Crippen LogP contribution in [0.2, 0.25) is 0 Å². The van der Waals surface area contributed by atoms with Crippen LogP contribution in [0.5, 0.6) is 0 Å². The van der Waals surface area contributed by atoms with E-state index in [1.165, 1.54) is 202 Å². The molecule has 4 aliphatic heterocycles. The summed E-state index contributed by atoms with van der Waals surface area (Å²) in [5.41, 5.74) is 28.2. The number of aromatic amines is 2. The molecule has 14 nitrogen and oxygen atoms in total. The fourth-order valence-corrected chi connectivity index (χ4v) is 16.8. The Kier molecular flexibility index (Phi) is 20.7. The number of anilines is 4. The number of H-pyrrole nitrogens is 2. The Morgan fingerprint density at radius 2 is 0.761 bits per heavy atom. The molecule has 14 rings (SSSR count). The van der Waals surface area contributed by atoms with Crippen LogP contribution in [0.1, 0.15) is 192 Å². The molecule has 0 fully saturated rings. The van der Waals surface area contributed by atoms with Crippen molar-refractivity contribution in [1.82, 2.24) is 43.1 Å². The molecule has 0 aliphatic carbocycles. The molecular formula is C76H99N14S2+. The normalized spacial score (nSPS) is 15.1. The maximum atomic E-state index is 5.36. The van der Waals surface area contributed by atoms with Gasteiger partial charge in [-0.15, -0.1) is 10.2 Å². The number of rotatable bonds is 26. The number of nitrogens with one attached hydrogen (secondary N) is 2. The van der Waals surface area contributed by atoms with E-state index in [0.717, 1.165) is 169 Å². The van der Waals surface area contributed by atoms with Crippen LogP contribution in [0.4, 0.5) is 22.7 Å². The van der Waals surface area contributed by atoms with E-state index in [1.54, 1.807) is 0 Å². The van der Waals surface area contributed by atoms with Crippen LogP contribution in [0.3, 0.4) is 0 Å². The van der Waals surface area contributed by atoms with E-state index in [2.05, 4.69) is 158 Å². The quantitative estimate of drug-likeness (QED) is 0.0396. The van der Waals surface area contributed by atoms with Crippen molar-refractivity contribution in [2.75, 3.05) is 72.0 Å². The van der Waals surface area contributed by atoms with Gasteiger partial charge in [0.2, 0.25) is 6.54 Å². The minimum absolute atomic E-state index is 0.568. The summed E-state index contributed by atoms with van der Waals surface area (Å²) in [6.07, 6.45) is 29.3. The molecule has 16 heteroatoms. The minimum Gasteiger partial charge on any atom is -0.371 e. The lowest BCUT2D eigenvalue weighted by Gasteiger charge is -2.32. The lowest BCUT2D eigenvalue weighted by Crippen LogP contribution is -2.42. The van der Waals surface area contributed by atoms with Gasteiger partial charge in [-0.1, -0.05) is 130 Å². The molecule has 6 aromatic carbocycles. The van der Waals surface area contributed by atoms with E-state index in [0.29, 0.717) is 5.92 Å². The summed E-state index contributed by atoms with van der Waals surface area (Å²) in [6, 6.07) is 28.2. The zero-order valence-electron chi connectivity index (χ0n) is 56.0. The first-order chi connectivity index (χ1) is 45.4. The van der Waals surface area contributed by atoms with Crippen molar-refractivity contribution >= 4 is 90.3 Å². The summed E-state index contributed by atoms with van der Waals surface area (Å²) < 4.78 is 17.1. The van der Waals surface area contributed by atoms with Gasteiger partial charge < -0.3 is 19.6 Å². The largest absolute Gasteiger partial charge is 0.371 e. The van der Waals surface area contributed by atoms with Gasteiger partial charge in [-0.05, 0) is 188 Å². The SMILES string of the molecule is CCCCCN1CCCc2cc(-c3c4n[n+](CC(CC)CCCC)nc4c(-c4ccc5c(c4)CCCN5CCCCC)c4[nH]snc34)ccc21.CCCCCN1CCCc2cc(-c3c4nnnc4c(-c4ccc5c(c4)CCCN5CCCCC)c4[nH]snc34)ccc21. The Hall–Kier alpha value is -7.04. The molecular weight excluding hydrogens is 1170 g/mol. The second-order valence-electron chi connectivity index (χ2n) is 26.9. The second kappa shape index (κ2) is 29.9. The highest BCUT2D eigenvalue weighted by molar-refractivity contribution is 7.00. The monoisotopic (exact) mass is 1270 g/mol. The Balaban J connectivity index is 0.000000170. The van der Waals surface area contributed by atoms with E-state index in [-0.39, 0.29) is 0 Å². The highest BCUT2D eigenvalue weighted by Crippen LogP contribution is 2.46. The van der Waals surface area contributed by atoms with Crippen molar-refractivity contribution in [1.29, 1.82) is 0 Å². The molecule has 0 radical (unpaired) electrons. The van der Waals surface area contributed by atoms with Crippen molar-refractivity contribution in [3.05, 3.63) is 95.1 Å². The van der Waals surface area contributed by atoms with Crippen molar-refractivity contribution < 1.29 is 4.80 Å². The molecule has 1 unspecified atom stereocenters. The average Bonchev–Trinajstić information content (AvgIpc) is 1.65. The summed E-state index contributed by atoms with van der Waals surface area (Å²) in [4.78, 5) is 12.4. The summed E-state index contributed by atoms with van der Waals surface area (Å²) in [7, 11) is 0. The van der Waals surface area contributed by atoms with E-state index in [4.69, 9.17) is 18.9 Å². The number of hydrogen-bond donors (Lipinski definition) is 2. The van der Waals surface area contributed by atoms with Gasteiger partial charge in [-0.3, -0.25) is 8.75 Å². The van der Waals surface area contributed by atoms with Crippen LogP contribution in [-0.2, 0) is 32.2 Å². The molecule has 484 valence electrons. The Morgan fingerprint density at radius 1 is 0.413 bits per heavy atom. The maximum absolute atomic E-state index is 5.36. The van der Waals surface area contributed by atoms with Gasteiger partial charge in [-0.2, -0.15) is 8.75 Å². The van der Waals surface area contributed by atoms with E-state index in [9.17, 15) is 0 Å². The van der Waals surface area contributed by atoms with Gasteiger partial charge >= 0.3 is 0 Å². The standard InChI is InChI=1S/C42H58N7S.C34H41N7S/c1-5-9-12-23-47-25-14-17-31-27-33(19-21-35(31)47)37-39-40(44-49(43-39)29-30(8-4)16-11-7-3)38(42-41(37)45-50-46-42)34-20-22-36-32(28-34)18-15-26-48(36)24-13-10-6-2;1-3-5-7-17-40-19-9-11-23-21-25(13-15-27(23)40)29-31-32(36-39-35-31)30(34-33(29)37-42-38-34)26-14-16-28-24(22-26)12-10-20-41(28)18-8-6-4-2/h19-22,27-28,30,45H,5-18,23-26,29H2,1-4H3;13-16,21-22,37H,3-12,17-20H2,1-2H3/q+1;. The fourth-order valence-electron chi connectivity index (χ4n) is 15.6. The van der Waals surface area contributed by atoms with Crippen LogP contribution in [0, 0.1) is 5.92 Å². The molecule has 92 heavy (non-hydrogen) atoms. The van der Waals surface area contributed by atoms with Gasteiger partial charge in [-0.25, -0.2) is 0 Å². The third-order valence-electron chi connectivity index (χ3n) is 20.6. The number of nitrogens with zero attached hydrogens (tertiary/aromatic N) is 12. The van der Waals surface area contributed by atoms with Crippen molar-refractivity contribution in [3.8, 4) is 44.5 Å². The predicted molar refractivity (Wildman–Crippen MR) is 387 cm³/mol. The Labute approximate surface area is 554 Å². The molecule has 0 spiro atoms. The summed E-state index contributed by atoms with van der Waals surface area (Å²) in [5, 5.41) is 24.1. The summed E-state index contributed by atoms with van der Waals surface area (Å²) in [5.74, 6) is 0.568. The number of hydrogen-bond acceptors (Lipinski definition) is 13. The van der Waals surface area contributed by atoms with Crippen molar-refractivity contribution in [3.63, 3.8) is 0 Å². The molecule has 1 atom stereocenters. The van der Waals surface area contributed by atoms with Crippen LogP contribution < -0.4 is 24.4 Å². The highest BCUT2D eigenvalue weighted by Gasteiger charge is 2.32. The molecule has 0 amide bonds. The van der Waals surface area contributed by atoms with Crippen molar-refractivity contribution in [2.45, 2.75) is 202 Å². The first-order valence-electron chi connectivity index (χ1n) is 36.0. The Morgan fingerprint density at radius 3 is 1.14 bits per heavy atom. The third kappa shape index (κ3) is 13.3. The van der Waals surface area contributed by atoms with E-state index < -0.39 is 0 Å². The summed E-state index contributed by atoms with van der Waals surface area (Å²) in [6.45, 7) is 23.8. The van der Waals surface area contributed by atoms with Crippen molar-refractivity contribution in [2.24, 2.45) is 5.92 Å². The van der Waals surface area contributed by atoms with Crippen LogP contribution in [0.25, 0.3) is 88.6 Å². The van der Waals surface area contributed by atoms with Crippen LogP contribution >= 0.6 is 23.5 Å². The van der Waals surface area contributed by atoms with Crippen LogP contribution in [-0.4, -0.2) is 95.5 Å². The molecule has 0 saturated heterocycles. The zero-order valence-corrected chi connectivity index (χ0v) is 57.7. The molecule has 4 aliphatic rings. The van der Waals surface area contributed by atoms with Gasteiger partial charge in [0.05, 0.1) is 11.0 Å². The van der Waals surface area contributed by atoms with E-state index >= 15 is 0 Å². The summed E-state index contributed by atoms with van der Waals surface area (Å²) >= 11 is 2.84. The number of aromatic nitrogens is 10.